The molecule has 2 aromatic carbocycles. The Labute approximate surface area is 240 Å². The van der Waals surface area contributed by atoms with Crippen molar-refractivity contribution in [3.05, 3.63) is 88.6 Å². The number of rotatable bonds is 8. The van der Waals surface area contributed by atoms with Gasteiger partial charge in [0.05, 0.1) is 32.0 Å². The monoisotopic (exact) mass is 570 g/mol. The van der Waals surface area contributed by atoms with E-state index >= 15 is 0 Å². The van der Waals surface area contributed by atoms with E-state index in [-0.39, 0.29) is 23.3 Å². The number of pyridine rings is 1. The smallest absolute Gasteiger partial charge is 0.282 e. The first-order chi connectivity index (χ1) is 20.3. The van der Waals surface area contributed by atoms with Crippen LogP contribution in [0.3, 0.4) is 0 Å². The number of benzene rings is 2. The Bertz CT molecular complexity index is 1790. The molecule has 0 saturated heterocycles. The van der Waals surface area contributed by atoms with Gasteiger partial charge in [0.25, 0.3) is 5.91 Å². The Kier molecular flexibility index (Phi) is 8.05. The van der Waals surface area contributed by atoms with Crippen molar-refractivity contribution in [1.82, 2.24) is 20.1 Å². The molecular weight excluding hydrogens is 543 g/mol. The molecule has 1 fully saturated rings. The Morgan fingerprint density at radius 1 is 1.12 bits per heavy atom. The predicted octanol–water partition coefficient (Wildman–Crippen LogP) is 4.68. The molecule has 11 nitrogen and oxygen atoms in total. The molecule has 0 atom stereocenters. The van der Waals surface area contributed by atoms with Crippen molar-refractivity contribution in [2.75, 3.05) is 14.2 Å². The topological polar surface area (TPSA) is 129 Å². The first kappa shape index (κ1) is 28.1. The number of nitrogens with zero attached hydrogens (tertiary/aromatic N) is 5. The Morgan fingerprint density at radius 2 is 1.83 bits per heavy atom. The number of amides is 1. The number of hydrogen-bond acceptors (Lipinski definition) is 8. The molecule has 42 heavy (non-hydrogen) atoms. The van der Waals surface area contributed by atoms with Gasteiger partial charge in [-0.3, -0.25) is 24.6 Å². The van der Waals surface area contributed by atoms with E-state index in [0.717, 1.165) is 12.8 Å². The molecule has 5 rings (SSSR count). The van der Waals surface area contributed by atoms with Gasteiger partial charge >= 0.3 is 0 Å². The molecule has 0 spiro atoms. The summed E-state index contributed by atoms with van der Waals surface area (Å²) in [6.07, 6.45) is 6.28. The van der Waals surface area contributed by atoms with Crippen molar-refractivity contribution in [2.45, 2.75) is 25.8 Å². The van der Waals surface area contributed by atoms with Crippen LogP contribution in [0.5, 0.6) is 17.2 Å². The summed E-state index contributed by atoms with van der Waals surface area (Å²) in [7, 11) is 3.08. The summed E-state index contributed by atoms with van der Waals surface area (Å²) < 4.78 is 31.8. The van der Waals surface area contributed by atoms with Crippen molar-refractivity contribution < 1.29 is 23.4 Å². The van der Waals surface area contributed by atoms with Crippen molar-refractivity contribution in [3.63, 3.8) is 0 Å². The van der Waals surface area contributed by atoms with Crippen LogP contribution >= 0.6 is 0 Å². The van der Waals surface area contributed by atoms with E-state index in [4.69, 9.17) is 14.2 Å². The molecule has 4 aromatic rings. The average molecular weight is 571 g/mol. The third-order valence-corrected chi connectivity index (χ3v) is 6.45. The molecule has 1 aliphatic carbocycles. The van der Waals surface area contributed by atoms with Gasteiger partial charge in [0.15, 0.2) is 17.2 Å². The van der Waals surface area contributed by atoms with Gasteiger partial charge in [-0.05, 0) is 56.3 Å². The molecule has 2 heterocycles. The van der Waals surface area contributed by atoms with E-state index in [1.165, 1.54) is 37.6 Å². The SMILES string of the molecule is C=N/C(=N\C=C(/C)Oc1ccnc2cc(OC)c(OC)cc12)NC(=O)c1nn(C2CC2)cc(-c2ccc(F)cc2)c1=O. The fraction of sp³-hybridized carbons (Fsp3) is 0.200. The zero-order valence-electron chi connectivity index (χ0n) is 23.1. The van der Waals surface area contributed by atoms with Crippen LogP contribution in [0.4, 0.5) is 4.39 Å². The third kappa shape index (κ3) is 6.02. The number of carbonyl (C=O) groups is 1. The number of carbonyl (C=O) groups excluding carboxylic acids is 1. The molecule has 12 heteroatoms. The fourth-order valence-electron chi connectivity index (χ4n) is 4.18. The zero-order chi connectivity index (χ0) is 29.8. The third-order valence-electron chi connectivity index (χ3n) is 6.45. The van der Waals surface area contributed by atoms with Crippen LogP contribution in [0.25, 0.3) is 22.0 Å². The van der Waals surface area contributed by atoms with Crippen LogP contribution in [0.1, 0.15) is 36.3 Å². The van der Waals surface area contributed by atoms with Gasteiger partial charge in [-0.2, -0.15) is 5.10 Å². The Balaban J connectivity index is 1.39. The second-order valence-corrected chi connectivity index (χ2v) is 9.38. The molecular formula is C30H27FN6O5. The largest absolute Gasteiger partial charge is 0.493 e. The number of nitrogens with one attached hydrogen (secondary N) is 1. The summed E-state index contributed by atoms with van der Waals surface area (Å²) in [5.41, 5.74) is 0.388. The molecule has 0 radical (unpaired) electrons. The summed E-state index contributed by atoms with van der Waals surface area (Å²) in [4.78, 5) is 38.7. The van der Waals surface area contributed by atoms with Crippen molar-refractivity contribution in [2.24, 2.45) is 9.98 Å². The number of fused-ring (bicyclic) bond motifs is 1. The van der Waals surface area contributed by atoms with Crippen LogP contribution in [-0.2, 0) is 0 Å². The molecule has 0 unspecified atom stereocenters. The highest BCUT2D eigenvalue weighted by Gasteiger charge is 2.27. The van der Waals surface area contributed by atoms with Crippen LogP contribution < -0.4 is 25.0 Å². The van der Waals surface area contributed by atoms with Gasteiger partial charge in [0.2, 0.25) is 11.4 Å². The lowest BCUT2D eigenvalue weighted by Gasteiger charge is -2.12. The normalized spacial score (nSPS) is 13.5. The highest BCUT2D eigenvalue weighted by Crippen LogP contribution is 2.36. The van der Waals surface area contributed by atoms with Crippen LogP contribution in [0.2, 0.25) is 0 Å². The highest BCUT2D eigenvalue weighted by molar-refractivity contribution is 6.06. The van der Waals surface area contributed by atoms with Crippen molar-refractivity contribution in [3.8, 4) is 28.4 Å². The number of guanidine groups is 1. The molecule has 1 N–H and O–H groups in total. The summed E-state index contributed by atoms with van der Waals surface area (Å²) in [6.45, 7) is 5.13. The van der Waals surface area contributed by atoms with E-state index in [0.29, 0.717) is 39.5 Å². The van der Waals surface area contributed by atoms with Gasteiger partial charge in [-0.25, -0.2) is 14.4 Å². The van der Waals surface area contributed by atoms with E-state index in [1.54, 1.807) is 49.3 Å². The first-order valence-corrected chi connectivity index (χ1v) is 12.9. The second kappa shape index (κ2) is 12.0. The van der Waals surface area contributed by atoms with Gasteiger partial charge in [0.1, 0.15) is 17.3 Å². The number of aliphatic imine (C=N–C) groups is 2. The minimum Gasteiger partial charge on any atom is -0.493 e. The second-order valence-electron chi connectivity index (χ2n) is 9.38. The molecule has 1 amide bonds. The number of aromatic nitrogens is 3. The van der Waals surface area contributed by atoms with Crippen LogP contribution in [0.15, 0.2) is 81.6 Å². The maximum Gasteiger partial charge on any atom is 0.282 e. The maximum atomic E-state index is 13.5. The molecule has 0 bridgehead atoms. The van der Waals surface area contributed by atoms with Gasteiger partial charge in [0, 0.05) is 29.4 Å². The Morgan fingerprint density at radius 3 is 2.50 bits per heavy atom. The minimum absolute atomic E-state index is 0.0788. The lowest BCUT2D eigenvalue weighted by Crippen LogP contribution is -2.35. The van der Waals surface area contributed by atoms with Crippen LogP contribution in [0, 0.1) is 5.82 Å². The van der Waals surface area contributed by atoms with E-state index in [9.17, 15) is 14.0 Å². The average Bonchev–Trinajstić information content (AvgIpc) is 3.85. The number of halogens is 1. The number of methoxy groups -OCH3 is 2. The van der Waals surface area contributed by atoms with Crippen molar-refractivity contribution >= 4 is 29.5 Å². The molecule has 1 saturated carbocycles. The quantitative estimate of drug-likeness (QED) is 0.185. The van der Waals surface area contributed by atoms with E-state index < -0.39 is 17.2 Å². The Hall–Kier alpha value is -5.39. The van der Waals surface area contributed by atoms with Gasteiger partial charge in [-0.1, -0.05) is 12.1 Å². The van der Waals surface area contributed by atoms with Crippen LogP contribution in [-0.4, -0.2) is 47.6 Å². The number of hydrogen-bond donors (Lipinski definition) is 1. The van der Waals surface area contributed by atoms with Crippen molar-refractivity contribution in [1.29, 1.82) is 0 Å². The standard InChI is InChI=1S/C30H27FN6O5/c1-17(42-24-11-12-33-23-14-26(41-4)25(40-3)13-21(23)24)15-34-30(32-2)35-29(39)27-28(38)22(16-37(36-27)20-9-10-20)18-5-7-19(31)8-6-18/h5-8,11-16,20H,2,9-10H2,1,3-4H3,(H,34,35,39)/b17-15+. The van der Waals surface area contributed by atoms with Gasteiger partial charge in [-0.15, -0.1) is 0 Å². The number of allylic oxidation sites excluding steroid dienone is 1. The van der Waals surface area contributed by atoms with E-state index in [1.807, 2.05) is 0 Å². The molecule has 1 aliphatic rings. The zero-order valence-corrected chi connectivity index (χ0v) is 23.1. The number of ether oxygens (including phenoxy) is 3. The maximum absolute atomic E-state index is 13.5. The summed E-state index contributed by atoms with van der Waals surface area (Å²) >= 11 is 0. The summed E-state index contributed by atoms with van der Waals surface area (Å²) in [5.74, 6) is 0.491. The lowest BCUT2D eigenvalue weighted by atomic mass is 10.1. The molecule has 214 valence electrons. The fourth-order valence-corrected chi connectivity index (χ4v) is 4.18. The molecule has 2 aromatic heterocycles. The lowest BCUT2D eigenvalue weighted by molar-refractivity contribution is 0.0968. The van der Waals surface area contributed by atoms with E-state index in [2.05, 4.69) is 32.1 Å². The molecule has 0 aliphatic heterocycles. The summed E-state index contributed by atoms with van der Waals surface area (Å²) in [6, 6.07) is 10.7. The minimum atomic E-state index is -0.808. The highest BCUT2D eigenvalue weighted by atomic mass is 19.1. The van der Waals surface area contributed by atoms with Gasteiger partial charge < -0.3 is 14.2 Å². The summed E-state index contributed by atoms with van der Waals surface area (Å²) in [5, 5.41) is 7.43. The first-order valence-electron chi connectivity index (χ1n) is 12.9. The predicted molar refractivity (Wildman–Crippen MR) is 156 cm³/mol.